The van der Waals surface area contributed by atoms with Crippen molar-refractivity contribution in [1.82, 2.24) is 14.6 Å². The summed E-state index contributed by atoms with van der Waals surface area (Å²) in [7, 11) is 0. The van der Waals surface area contributed by atoms with Crippen LogP contribution in [0.2, 0.25) is 0 Å². The molecule has 0 amide bonds. The molecule has 0 fully saturated rings. The predicted octanol–water partition coefficient (Wildman–Crippen LogP) is 2.55. The van der Waals surface area contributed by atoms with Gasteiger partial charge in [0.25, 0.3) is 0 Å². The number of carbonyl (C=O) groups excluding carboxylic acids is 1. The van der Waals surface area contributed by atoms with Crippen molar-refractivity contribution in [2.75, 3.05) is 5.75 Å². The van der Waals surface area contributed by atoms with Gasteiger partial charge in [-0.05, 0) is 32.9 Å². The molecular weight excluding hydrogens is 262 g/mol. The highest BCUT2D eigenvalue weighted by atomic mass is 32.2. The van der Waals surface area contributed by atoms with Crippen molar-refractivity contribution in [3.05, 3.63) is 24.4 Å². The van der Waals surface area contributed by atoms with E-state index in [0.717, 1.165) is 10.8 Å². The van der Waals surface area contributed by atoms with E-state index in [2.05, 4.69) is 10.2 Å². The van der Waals surface area contributed by atoms with Gasteiger partial charge in [0.2, 0.25) is 0 Å². The maximum absolute atomic E-state index is 11.6. The first-order valence-corrected chi connectivity index (χ1v) is 7.09. The van der Waals surface area contributed by atoms with E-state index in [9.17, 15) is 4.79 Å². The molecule has 2 heterocycles. The molecule has 0 N–H and O–H groups in total. The molecule has 0 aromatic carbocycles. The fourth-order valence-corrected chi connectivity index (χ4v) is 2.38. The van der Waals surface area contributed by atoms with Crippen LogP contribution in [-0.2, 0) is 9.53 Å². The van der Waals surface area contributed by atoms with E-state index >= 15 is 0 Å². The molecule has 0 radical (unpaired) electrons. The molecule has 0 saturated carbocycles. The van der Waals surface area contributed by atoms with Crippen molar-refractivity contribution in [3.63, 3.8) is 0 Å². The van der Waals surface area contributed by atoms with Crippen LogP contribution in [0, 0.1) is 0 Å². The van der Waals surface area contributed by atoms with Crippen LogP contribution in [0.25, 0.3) is 5.65 Å². The van der Waals surface area contributed by atoms with E-state index in [0.29, 0.717) is 12.2 Å². The molecular formula is C13H17N3O2S. The summed E-state index contributed by atoms with van der Waals surface area (Å²) >= 11 is 1.50. The van der Waals surface area contributed by atoms with Gasteiger partial charge >= 0.3 is 5.97 Å². The lowest BCUT2D eigenvalue weighted by atomic mass is 10.2. The maximum atomic E-state index is 11.6. The van der Waals surface area contributed by atoms with Crippen LogP contribution in [0.5, 0.6) is 0 Å². The number of aromatic nitrogens is 3. The van der Waals surface area contributed by atoms with Gasteiger partial charge in [0.15, 0.2) is 10.8 Å². The van der Waals surface area contributed by atoms with Gasteiger partial charge in [-0.3, -0.25) is 9.20 Å². The third kappa shape index (κ3) is 3.96. The summed E-state index contributed by atoms with van der Waals surface area (Å²) in [6.07, 6.45) is 2.27. The zero-order valence-electron chi connectivity index (χ0n) is 11.3. The second-order valence-corrected chi connectivity index (χ2v) is 6.16. The van der Waals surface area contributed by atoms with E-state index in [4.69, 9.17) is 4.74 Å². The van der Waals surface area contributed by atoms with Crippen molar-refractivity contribution >= 4 is 23.4 Å². The number of carbonyl (C=O) groups is 1. The Kier molecular flexibility index (Phi) is 4.09. The third-order valence-electron chi connectivity index (χ3n) is 2.24. The molecule has 2 rings (SSSR count). The largest absolute Gasteiger partial charge is 0.460 e. The highest BCUT2D eigenvalue weighted by Gasteiger charge is 2.16. The normalized spacial score (nSPS) is 11.7. The molecule has 0 aliphatic carbocycles. The van der Waals surface area contributed by atoms with Crippen LogP contribution in [-0.4, -0.2) is 31.9 Å². The molecule has 0 atom stereocenters. The molecule has 19 heavy (non-hydrogen) atoms. The maximum Gasteiger partial charge on any atom is 0.307 e. The Bertz CT molecular complexity index is 575. The Labute approximate surface area is 116 Å². The van der Waals surface area contributed by atoms with Crippen LogP contribution >= 0.6 is 11.8 Å². The SMILES string of the molecule is CC(C)(C)OC(=O)CCSc1nnc2ccccn12. The standard InChI is InChI=1S/C13H17N3O2S/c1-13(2,3)18-11(17)7-9-19-12-15-14-10-6-4-5-8-16(10)12/h4-6,8H,7,9H2,1-3H3. The highest BCUT2D eigenvalue weighted by Crippen LogP contribution is 2.18. The molecule has 0 spiro atoms. The van der Waals surface area contributed by atoms with Crippen LogP contribution in [0.15, 0.2) is 29.6 Å². The summed E-state index contributed by atoms with van der Waals surface area (Å²) in [6.45, 7) is 5.60. The average Bonchev–Trinajstić information content (AvgIpc) is 2.70. The van der Waals surface area contributed by atoms with Gasteiger partial charge in [-0.2, -0.15) is 0 Å². The van der Waals surface area contributed by atoms with Crippen molar-refractivity contribution in [2.24, 2.45) is 0 Å². The summed E-state index contributed by atoms with van der Waals surface area (Å²) in [5.74, 6) is 0.443. The molecule has 0 aliphatic heterocycles. The lowest BCUT2D eigenvalue weighted by Gasteiger charge is -2.19. The number of thioether (sulfide) groups is 1. The van der Waals surface area contributed by atoms with Gasteiger partial charge in [-0.25, -0.2) is 0 Å². The summed E-state index contributed by atoms with van der Waals surface area (Å²) in [5, 5.41) is 8.93. The Balaban J connectivity index is 1.88. The number of rotatable bonds is 4. The molecule has 2 aromatic rings. The van der Waals surface area contributed by atoms with E-state index in [-0.39, 0.29) is 5.97 Å². The summed E-state index contributed by atoms with van der Waals surface area (Å²) in [5.41, 5.74) is 0.380. The van der Waals surface area contributed by atoms with Crippen molar-refractivity contribution < 1.29 is 9.53 Å². The van der Waals surface area contributed by atoms with Crippen LogP contribution in [0.4, 0.5) is 0 Å². The molecule has 0 bridgehead atoms. The fourth-order valence-electron chi connectivity index (χ4n) is 1.54. The van der Waals surface area contributed by atoms with Gasteiger partial charge in [0, 0.05) is 11.9 Å². The van der Waals surface area contributed by atoms with E-state index < -0.39 is 5.60 Å². The Morgan fingerprint density at radius 2 is 2.16 bits per heavy atom. The molecule has 5 nitrogen and oxygen atoms in total. The number of ether oxygens (including phenoxy) is 1. The van der Waals surface area contributed by atoms with Crippen molar-refractivity contribution in [3.8, 4) is 0 Å². The molecule has 102 valence electrons. The summed E-state index contributed by atoms with van der Waals surface area (Å²) < 4.78 is 7.15. The van der Waals surface area contributed by atoms with E-state index in [1.54, 1.807) is 0 Å². The third-order valence-corrected chi connectivity index (χ3v) is 3.18. The lowest BCUT2D eigenvalue weighted by Crippen LogP contribution is -2.24. The highest BCUT2D eigenvalue weighted by molar-refractivity contribution is 7.99. The molecule has 0 saturated heterocycles. The number of fused-ring (bicyclic) bond motifs is 1. The van der Waals surface area contributed by atoms with Crippen molar-refractivity contribution in [2.45, 2.75) is 37.9 Å². The minimum absolute atomic E-state index is 0.186. The monoisotopic (exact) mass is 279 g/mol. The summed E-state index contributed by atoms with van der Waals surface area (Å²) in [6, 6.07) is 5.73. The molecule has 6 heteroatoms. The van der Waals surface area contributed by atoms with Gasteiger partial charge in [0.05, 0.1) is 6.42 Å². The molecule has 2 aromatic heterocycles. The molecule has 0 aliphatic rings. The number of nitrogens with zero attached hydrogens (tertiary/aromatic N) is 3. The van der Waals surface area contributed by atoms with E-state index in [1.165, 1.54) is 11.8 Å². The van der Waals surface area contributed by atoms with Crippen molar-refractivity contribution in [1.29, 1.82) is 0 Å². The van der Waals surface area contributed by atoms with Crippen LogP contribution in [0.1, 0.15) is 27.2 Å². The zero-order chi connectivity index (χ0) is 13.9. The zero-order valence-corrected chi connectivity index (χ0v) is 12.1. The first kappa shape index (κ1) is 13.9. The topological polar surface area (TPSA) is 56.5 Å². The summed E-state index contributed by atoms with van der Waals surface area (Å²) in [4.78, 5) is 11.6. The average molecular weight is 279 g/mol. The Morgan fingerprint density at radius 3 is 2.89 bits per heavy atom. The predicted molar refractivity (Wildman–Crippen MR) is 74.2 cm³/mol. The Hall–Kier alpha value is -1.56. The van der Waals surface area contributed by atoms with Gasteiger partial charge in [-0.1, -0.05) is 17.8 Å². The second-order valence-electron chi connectivity index (χ2n) is 5.10. The van der Waals surface area contributed by atoms with Crippen LogP contribution < -0.4 is 0 Å². The van der Waals surface area contributed by atoms with Gasteiger partial charge < -0.3 is 4.74 Å². The number of pyridine rings is 1. The van der Waals surface area contributed by atoms with E-state index in [1.807, 2.05) is 49.6 Å². The minimum Gasteiger partial charge on any atom is -0.460 e. The second kappa shape index (κ2) is 5.61. The van der Waals surface area contributed by atoms with Gasteiger partial charge in [-0.15, -0.1) is 10.2 Å². The van der Waals surface area contributed by atoms with Gasteiger partial charge in [0.1, 0.15) is 5.60 Å². The van der Waals surface area contributed by atoms with Crippen LogP contribution in [0.3, 0.4) is 0 Å². The molecule has 0 unspecified atom stereocenters. The Morgan fingerprint density at radius 1 is 1.37 bits per heavy atom. The number of esters is 1. The minimum atomic E-state index is -0.427. The first-order chi connectivity index (χ1) is 8.96. The smallest absolute Gasteiger partial charge is 0.307 e. The fraction of sp³-hybridized carbons (Fsp3) is 0.462. The quantitative estimate of drug-likeness (QED) is 0.636. The lowest BCUT2D eigenvalue weighted by molar-refractivity contribution is -0.154. The number of hydrogen-bond acceptors (Lipinski definition) is 5. The number of hydrogen-bond donors (Lipinski definition) is 0. The first-order valence-electron chi connectivity index (χ1n) is 6.10.